The van der Waals surface area contributed by atoms with Crippen molar-refractivity contribution >= 4 is 17.7 Å². The number of benzene rings is 1. The molecule has 1 aliphatic carbocycles. The first-order valence-corrected chi connectivity index (χ1v) is 5.19. The molecule has 0 bridgehead atoms. The van der Waals surface area contributed by atoms with Gasteiger partial charge < -0.3 is 5.43 Å². The molecular weight excluding hydrogens is 188 g/mol. The number of hydrazine groups is 1. The van der Waals surface area contributed by atoms with Crippen molar-refractivity contribution in [2.45, 2.75) is 12.8 Å². The van der Waals surface area contributed by atoms with Gasteiger partial charge in [-0.15, -0.1) is 0 Å². The van der Waals surface area contributed by atoms with E-state index in [9.17, 15) is 4.79 Å². The molecule has 15 heavy (non-hydrogen) atoms. The molecular formula is C12H12N2O. The van der Waals surface area contributed by atoms with E-state index in [2.05, 4.69) is 29.1 Å². The third kappa shape index (κ3) is 1.31. The maximum absolute atomic E-state index is 11.2. The second-order valence-corrected chi connectivity index (χ2v) is 4.01. The molecule has 0 saturated carbocycles. The lowest BCUT2D eigenvalue weighted by atomic mass is 9.90. The number of nitrogens with one attached hydrogen (secondary N) is 2. The van der Waals surface area contributed by atoms with E-state index in [1.807, 2.05) is 12.1 Å². The molecule has 1 aliphatic heterocycles. The second-order valence-electron chi connectivity index (χ2n) is 4.01. The molecule has 1 fully saturated rings. The normalized spacial score (nSPS) is 23.1. The van der Waals surface area contributed by atoms with Crippen LogP contribution in [0.5, 0.6) is 0 Å². The molecule has 1 atom stereocenters. The van der Waals surface area contributed by atoms with Crippen LogP contribution in [0.15, 0.2) is 24.3 Å². The van der Waals surface area contributed by atoms with Gasteiger partial charge in [0.05, 0.1) is 0 Å². The molecule has 2 aliphatic rings. The van der Waals surface area contributed by atoms with Crippen molar-refractivity contribution in [2.24, 2.45) is 5.92 Å². The highest BCUT2D eigenvalue weighted by Gasteiger charge is 2.24. The first-order valence-electron chi connectivity index (χ1n) is 5.19. The van der Waals surface area contributed by atoms with Gasteiger partial charge in [-0.2, -0.15) is 0 Å². The average molecular weight is 200 g/mol. The molecule has 2 N–H and O–H groups in total. The van der Waals surface area contributed by atoms with Gasteiger partial charge in [0.1, 0.15) is 0 Å². The van der Waals surface area contributed by atoms with Crippen LogP contribution in [0.25, 0.3) is 11.8 Å². The summed E-state index contributed by atoms with van der Waals surface area (Å²) in [5.41, 5.74) is 6.87. The average Bonchev–Trinajstić information content (AvgIpc) is 2.28. The summed E-state index contributed by atoms with van der Waals surface area (Å²) in [6.45, 7) is 0. The van der Waals surface area contributed by atoms with Crippen molar-refractivity contribution in [3.8, 4) is 0 Å². The van der Waals surface area contributed by atoms with Crippen LogP contribution in [0.1, 0.15) is 12.8 Å². The molecule has 0 aromatic heterocycles. The number of fused-ring (bicyclic) bond motifs is 2. The minimum atomic E-state index is 0.0801. The number of hydrogen-bond donors (Lipinski definition) is 2. The Morgan fingerprint density at radius 3 is 3.00 bits per heavy atom. The van der Waals surface area contributed by atoms with Gasteiger partial charge in [0.15, 0.2) is 0 Å². The number of hydrogen-bond acceptors (Lipinski definition) is 2. The van der Waals surface area contributed by atoms with Crippen LogP contribution in [0.4, 0.5) is 0 Å². The van der Waals surface area contributed by atoms with Gasteiger partial charge in [-0.25, -0.2) is 0 Å². The van der Waals surface area contributed by atoms with Crippen LogP contribution < -0.4 is 21.3 Å². The molecule has 0 spiro atoms. The predicted molar refractivity (Wildman–Crippen MR) is 57.6 cm³/mol. The Morgan fingerprint density at radius 2 is 2.07 bits per heavy atom. The molecule has 1 amide bonds. The summed E-state index contributed by atoms with van der Waals surface area (Å²) in [7, 11) is 0. The van der Waals surface area contributed by atoms with Gasteiger partial charge in [0.2, 0.25) is 5.91 Å². The molecule has 1 aromatic carbocycles. The molecule has 1 heterocycles. The Morgan fingerprint density at radius 1 is 1.20 bits per heavy atom. The topological polar surface area (TPSA) is 41.1 Å². The Labute approximate surface area is 87.5 Å². The maximum Gasteiger partial charge on any atom is 0.238 e. The van der Waals surface area contributed by atoms with Gasteiger partial charge in [-0.05, 0) is 11.6 Å². The van der Waals surface area contributed by atoms with Crippen LogP contribution in [-0.4, -0.2) is 5.91 Å². The lowest BCUT2D eigenvalue weighted by Gasteiger charge is -2.28. The minimum Gasteiger partial charge on any atom is -0.302 e. The highest BCUT2D eigenvalue weighted by atomic mass is 16.2. The van der Waals surface area contributed by atoms with Crippen molar-refractivity contribution in [2.75, 3.05) is 0 Å². The smallest absolute Gasteiger partial charge is 0.238 e. The Bertz CT molecular complexity index is 533. The van der Waals surface area contributed by atoms with E-state index in [-0.39, 0.29) is 5.91 Å². The Kier molecular flexibility index (Phi) is 1.78. The molecule has 3 nitrogen and oxygen atoms in total. The van der Waals surface area contributed by atoms with Crippen molar-refractivity contribution in [1.82, 2.24) is 10.9 Å². The summed E-state index contributed by atoms with van der Waals surface area (Å²) in [4.78, 5) is 11.2. The van der Waals surface area contributed by atoms with Crippen LogP contribution >= 0.6 is 0 Å². The lowest BCUT2D eigenvalue weighted by molar-refractivity contribution is -0.123. The van der Waals surface area contributed by atoms with E-state index < -0.39 is 0 Å². The molecule has 3 heteroatoms. The second kappa shape index (κ2) is 3.12. The zero-order valence-electron chi connectivity index (χ0n) is 8.29. The van der Waals surface area contributed by atoms with Crippen LogP contribution in [0, 0.1) is 5.92 Å². The lowest BCUT2D eigenvalue weighted by Crippen LogP contribution is -2.50. The van der Waals surface area contributed by atoms with Gasteiger partial charge in [0.25, 0.3) is 0 Å². The Hall–Kier alpha value is -1.77. The van der Waals surface area contributed by atoms with Crippen molar-refractivity contribution in [3.63, 3.8) is 0 Å². The summed E-state index contributed by atoms with van der Waals surface area (Å²) in [6.07, 6.45) is 3.75. The van der Waals surface area contributed by atoms with Crippen LogP contribution in [-0.2, 0) is 4.79 Å². The largest absolute Gasteiger partial charge is 0.302 e. The van der Waals surface area contributed by atoms with E-state index in [1.54, 1.807) is 0 Å². The fraction of sp³-hybridized carbons (Fsp3) is 0.250. The van der Waals surface area contributed by atoms with Crippen LogP contribution in [0.3, 0.4) is 0 Å². The highest BCUT2D eigenvalue weighted by Crippen LogP contribution is 2.21. The van der Waals surface area contributed by atoms with E-state index in [0.717, 1.165) is 12.1 Å². The SMILES string of the molecule is O=C1CC2CC=c3ccccc3=C2NN1. The maximum atomic E-state index is 11.2. The first-order chi connectivity index (χ1) is 7.34. The van der Waals surface area contributed by atoms with Gasteiger partial charge in [-0.3, -0.25) is 10.2 Å². The first kappa shape index (κ1) is 8.53. The van der Waals surface area contributed by atoms with Crippen molar-refractivity contribution < 1.29 is 4.79 Å². The van der Waals surface area contributed by atoms with Crippen LogP contribution in [0.2, 0.25) is 0 Å². The quantitative estimate of drug-likeness (QED) is 0.599. The standard InChI is InChI=1S/C12H12N2O/c15-11-7-9-6-5-8-3-1-2-4-10(8)12(9)14-13-11/h1-5,9,14H,6-7H2,(H,13,15). The molecule has 0 radical (unpaired) electrons. The fourth-order valence-electron chi connectivity index (χ4n) is 2.29. The number of carbonyl (C=O) groups excluding carboxylic acids is 1. The van der Waals surface area contributed by atoms with Gasteiger partial charge in [-0.1, -0.05) is 30.3 Å². The van der Waals surface area contributed by atoms with Crippen molar-refractivity contribution in [3.05, 3.63) is 34.7 Å². The molecule has 3 rings (SSSR count). The van der Waals surface area contributed by atoms with Gasteiger partial charge >= 0.3 is 0 Å². The molecule has 1 saturated heterocycles. The zero-order chi connectivity index (χ0) is 10.3. The summed E-state index contributed by atoms with van der Waals surface area (Å²) < 4.78 is 0. The summed E-state index contributed by atoms with van der Waals surface area (Å²) >= 11 is 0. The fourth-order valence-corrected chi connectivity index (χ4v) is 2.29. The van der Waals surface area contributed by atoms with Crippen molar-refractivity contribution in [1.29, 1.82) is 0 Å². The minimum absolute atomic E-state index is 0.0801. The summed E-state index contributed by atoms with van der Waals surface area (Å²) in [5.74, 6) is 0.408. The van der Waals surface area contributed by atoms with E-state index in [1.165, 1.54) is 10.4 Å². The highest BCUT2D eigenvalue weighted by molar-refractivity contribution is 5.81. The van der Waals surface area contributed by atoms with E-state index in [4.69, 9.17) is 0 Å². The Balaban J connectivity index is 2.22. The molecule has 76 valence electrons. The number of rotatable bonds is 0. The predicted octanol–water partition coefficient (Wildman–Crippen LogP) is -0.380. The molecule has 1 unspecified atom stereocenters. The third-order valence-electron chi connectivity index (χ3n) is 3.05. The molecule has 1 aromatic rings. The zero-order valence-corrected chi connectivity index (χ0v) is 8.29. The third-order valence-corrected chi connectivity index (χ3v) is 3.05. The number of carbonyl (C=O) groups is 1. The van der Waals surface area contributed by atoms with Gasteiger partial charge in [0, 0.05) is 23.3 Å². The van der Waals surface area contributed by atoms with E-state index in [0.29, 0.717) is 12.3 Å². The summed E-state index contributed by atoms with van der Waals surface area (Å²) in [6, 6.07) is 8.27. The van der Waals surface area contributed by atoms with E-state index >= 15 is 0 Å². The summed E-state index contributed by atoms with van der Waals surface area (Å²) in [5, 5.41) is 2.47. The number of amides is 1. The monoisotopic (exact) mass is 200 g/mol.